The summed E-state index contributed by atoms with van der Waals surface area (Å²) in [5.41, 5.74) is 2.07. The second-order valence-corrected chi connectivity index (χ2v) is 8.70. The van der Waals surface area contributed by atoms with Crippen LogP contribution in [-0.4, -0.2) is 65.7 Å². The van der Waals surface area contributed by atoms with Crippen LogP contribution in [0.2, 0.25) is 0 Å². The van der Waals surface area contributed by atoms with Crippen LogP contribution in [-0.2, 0) is 11.3 Å². The number of carbonyl (C=O) groups excluding carboxylic acids is 2. The lowest BCUT2D eigenvalue weighted by Gasteiger charge is -2.33. The summed E-state index contributed by atoms with van der Waals surface area (Å²) in [5, 5.41) is 18.2. The van der Waals surface area contributed by atoms with E-state index in [0.29, 0.717) is 40.5 Å². The van der Waals surface area contributed by atoms with E-state index in [2.05, 4.69) is 6.07 Å². The van der Waals surface area contributed by atoms with E-state index in [1.54, 1.807) is 78.6 Å². The smallest absolute Gasteiger partial charge is 0.407 e. The highest BCUT2D eigenvalue weighted by atomic mass is 16.5. The first-order valence-electron chi connectivity index (χ1n) is 12.4. The van der Waals surface area contributed by atoms with Crippen LogP contribution in [0.3, 0.4) is 0 Å². The molecule has 2 amide bonds. The van der Waals surface area contributed by atoms with Gasteiger partial charge in [-0.1, -0.05) is 12.1 Å². The second-order valence-electron chi connectivity index (χ2n) is 8.70. The van der Waals surface area contributed by atoms with Gasteiger partial charge in [0.2, 0.25) is 0 Å². The molecule has 0 bridgehead atoms. The van der Waals surface area contributed by atoms with E-state index < -0.39 is 12.1 Å². The number of rotatable bonds is 8. The first-order chi connectivity index (χ1) is 18.9. The van der Waals surface area contributed by atoms with Crippen LogP contribution >= 0.6 is 0 Å². The number of piperazine rings is 1. The van der Waals surface area contributed by atoms with Crippen molar-refractivity contribution in [3.8, 4) is 23.3 Å². The molecule has 3 aromatic rings. The molecule has 10 nitrogen and oxygen atoms in total. The number of benzene rings is 3. The molecule has 1 saturated heterocycles. The van der Waals surface area contributed by atoms with E-state index in [4.69, 9.17) is 19.5 Å². The topological polar surface area (TPSA) is 129 Å². The predicted octanol–water partition coefficient (Wildman–Crippen LogP) is 4.54. The van der Waals surface area contributed by atoms with Crippen molar-refractivity contribution in [1.29, 1.82) is 5.26 Å². The molecule has 1 aliphatic heterocycles. The van der Waals surface area contributed by atoms with Crippen molar-refractivity contribution in [2.75, 3.05) is 32.8 Å². The molecule has 10 heteroatoms. The minimum absolute atomic E-state index is 0.175. The molecule has 0 unspecified atom stereocenters. The zero-order chi connectivity index (χ0) is 27.8. The van der Waals surface area contributed by atoms with Gasteiger partial charge in [0, 0.05) is 37.8 Å². The Labute approximate surface area is 225 Å². The van der Waals surface area contributed by atoms with Crippen LogP contribution in [0.1, 0.15) is 38.8 Å². The molecule has 1 heterocycles. The van der Waals surface area contributed by atoms with Gasteiger partial charge in [-0.15, -0.1) is 0 Å². The van der Waals surface area contributed by atoms with E-state index >= 15 is 0 Å². The highest BCUT2D eigenvalue weighted by Gasteiger charge is 2.25. The van der Waals surface area contributed by atoms with Gasteiger partial charge in [-0.2, -0.15) is 5.26 Å². The number of hydrogen-bond donors (Lipinski definition) is 1. The van der Waals surface area contributed by atoms with Crippen LogP contribution in [0, 0.1) is 11.3 Å². The predicted molar refractivity (Wildman–Crippen MR) is 140 cm³/mol. The third-order valence-electron chi connectivity index (χ3n) is 6.05. The molecule has 4 rings (SSSR count). The molecule has 3 aromatic carbocycles. The third-order valence-corrected chi connectivity index (χ3v) is 6.05. The highest BCUT2D eigenvalue weighted by Crippen LogP contribution is 2.29. The van der Waals surface area contributed by atoms with Gasteiger partial charge in [-0.25, -0.2) is 9.59 Å². The molecule has 1 N–H and O–H groups in total. The number of esters is 1. The SMILES string of the molecule is CCOC(=O)c1ccc(COc2cc(Oc3ccc(C#N)cc3)cc(C(=O)N3CCN(C(=O)O)CC3)c2)cc1. The largest absolute Gasteiger partial charge is 0.489 e. The van der Waals surface area contributed by atoms with Gasteiger partial charge in [-0.05, 0) is 61.0 Å². The number of nitriles is 1. The van der Waals surface area contributed by atoms with E-state index in [0.717, 1.165) is 5.56 Å². The Morgan fingerprint density at radius 2 is 1.49 bits per heavy atom. The van der Waals surface area contributed by atoms with Crippen molar-refractivity contribution in [3.63, 3.8) is 0 Å². The molecule has 200 valence electrons. The summed E-state index contributed by atoms with van der Waals surface area (Å²) < 4.78 is 17.0. The van der Waals surface area contributed by atoms with Crippen LogP contribution in [0.25, 0.3) is 0 Å². The lowest BCUT2D eigenvalue weighted by atomic mass is 10.1. The Hall–Kier alpha value is -5.04. The van der Waals surface area contributed by atoms with Gasteiger partial charge in [0.25, 0.3) is 5.91 Å². The Balaban J connectivity index is 1.53. The maximum absolute atomic E-state index is 13.3. The maximum atomic E-state index is 13.3. The fourth-order valence-electron chi connectivity index (χ4n) is 3.97. The fourth-order valence-corrected chi connectivity index (χ4v) is 3.97. The average molecular weight is 530 g/mol. The lowest BCUT2D eigenvalue weighted by molar-refractivity contribution is 0.0526. The van der Waals surface area contributed by atoms with Crippen molar-refractivity contribution >= 4 is 18.0 Å². The fraction of sp³-hybridized carbons (Fsp3) is 0.241. The van der Waals surface area contributed by atoms with Crippen molar-refractivity contribution in [2.24, 2.45) is 0 Å². The first kappa shape index (κ1) is 27.0. The van der Waals surface area contributed by atoms with E-state index in [1.165, 1.54) is 4.90 Å². The summed E-state index contributed by atoms with van der Waals surface area (Å²) >= 11 is 0. The standard InChI is InChI=1S/C29H27N3O7/c1-2-37-28(34)22-7-3-21(4-8-22)19-38-25-15-23(27(33)31-11-13-32(14-12-31)29(35)36)16-26(17-25)39-24-9-5-20(18-30)6-10-24/h3-10,15-17H,2,11-14,19H2,1H3,(H,35,36). The van der Waals surface area contributed by atoms with Crippen LogP contribution < -0.4 is 9.47 Å². The summed E-state index contributed by atoms with van der Waals surface area (Å²) in [6.45, 7) is 3.22. The van der Waals surface area contributed by atoms with Crippen LogP contribution in [0.15, 0.2) is 66.7 Å². The molecule has 0 radical (unpaired) electrons. The van der Waals surface area contributed by atoms with Gasteiger partial charge < -0.3 is 29.1 Å². The summed E-state index contributed by atoms with van der Waals surface area (Å²) in [4.78, 5) is 39.3. The zero-order valence-corrected chi connectivity index (χ0v) is 21.3. The molecule has 39 heavy (non-hydrogen) atoms. The van der Waals surface area contributed by atoms with E-state index in [1.807, 2.05) is 0 Å². The third kappa shape index (κ3) is 7.05. The molecule has 0 atom stereocenters. The normalized spacial score (nSPS) is 12.8. The van der Waals surface area contributed by atoms with Crippen LogP contribution in [0.4, 0.5) is 4.79 Å². The average Bonchev–Trinajstić information content (AvgIpc) is 2.96. The van der Waals surface area contributed by atoms with Gasteiger partial charge in [-0.3, -0.25) is 4.79 Å². The Kier molecular flexibility index (Phi) is 8.64. The monoisotopic (exact) mass is 529 g/mol. The minimum Gasteiger partial charge on any atom is -0.489 e. The molecular weight excluding hydrogens is 502 g/mol. The molecule has 0 aromatic heterocycles. The zero-order valence-electron chi connectivity index (χ0n) is 21.3. The number of amides is 2. The number of nitrogens with zero attached hydrogens (tertiary/aromatic N) is 3. The second kappa shape index (κ2) is 12.5. The first-order valence-corrected chi connectivity index (χ1v) is 12.4. The molecule has 0 saturated carbocycles. The maximum Gasteiger partial charge on any atom is 0.407 e. The summed E-state index contributed by atoms with van der Waals surface area (Å²) in [5.74, 6) is 0.568. The summed E-state index contributed by atoms with van der Waals surface area (Å²) in [6.07, 6.45) is -1.01. The van der Waals surface area contributed by atoms with Gasteiger partial charge >= 0.3 is 12.1 Å². The Morgan fingerprint density at radius 1 is 0.846 bits per heavy atom. The Morgan fingerprint density at radius 3 is 2.10 bits per heavy atom. The molecule has 1 aliphatic rings. The minimum atomic E-state index is -1.01. The van der Waals surface area contributed by atoms with Crippen molar-refractivity contribution < 1.29 is 33.7 Å². The molecule has 1 fully saturated rings. The van der Waals surface area contributed by atoms with Crippen molar-refractivity contribution in [3.05, 3.63) is 89.0 Å². The molecular formula is C29H27N3O7. The molecule has 0 spiro atoms. The quantitative estimate of drug-likeness (QED) is 0.421. The summed E-state index contributed by atoms with van der Waals surface area (Å²) in [6, 6.07) is 20.3. The highest BCUT2D eigenvalue weighted by molar-refractivity contribution is 5.95. The van der Waals surface area contributed by atoms with E-state index in [9.17, 15) is 19.5 Å². The number of carboxylic acid groups (broad SMARTS) is 1. The van der Waals surface area contributed by atoms with Gasteiger partial charge in [0.15, 0.2) is 0 Å². The molecule has 0 aliphatic carbocycles. The van der Waals surface area contributed by atoms with Gasteiger partial charge in [0.1, 0.15) is 23.9 Å². The summed E-state index contributed by atoms with van der Waals surface area (Å²) in [7, 11) is 0. The number of ether oxygens (including phenoxy) is 3. The lowest BCUT2D eigenvalue weighted by Crippen LogP contribution is -2.50. The number of carbonyl (C=O) groups is 3. The number of hydrogen-bond acceptors (Lipinski definition) is 7. The Bertz CT molecular complexity index is 1370. The van der Waals surface area contributed by atoms with E-state index in [-0.39, 0.29) is 38.7 Å². The van der Waals surface area contributed by atoms with Crippen LogP contribution in [0.5, 0.6) is 17.2 Å². The van der Waals surface area contributed by atoms with Gasteiger partial charge in [0.05, 0.1) is 23.8 Å². The van der Waals surface area contributed by atoms with Crippen molar-refractivity contribution in [1.82, 2.24) is 9.80 Å². The van der Waals surface area contributed by atoms with Crippen molar-refractivity contribution in [2.45, 2.75) is 13.5 Å².